The lowest BCUT2D eigenvalue weighted by atomic mass is 10.2. The molecule has 0 aliphatic carbocycles. The molecule has 0 amide bonds. The summed E-state index contributed by atoms with van der Waals surface area (Å²) < 4.78 is 5.53. The van der Waals surface area contributed by atoms with E-state index in [9.17, 15) is 5.11 Å². The number of aliphatic hydroxyl groups is 1. The molecule has 0 aromatic heterocycles. The molecular weight excluding hydrogens is 240 g/mol. The van der Waals surface area contributed by atoms with Crippen molar-refractivity contribution < 1.29 is 9.84 Å². The average Bonchev–Trinajstić information content (AvgIpc) is 2.29. The lowest BCUT2D eigenvalue weighted by Crippen LogP contribution is -2.34. The SMILES string of the molecule is CC(C)N(C)CCCCNCC(O)COC(C)(C)C. The normalized spacial score (nSPS) is 14.4. The molecule has 4 heteroatoms. The first kappa shape index (κ1) is 18.8. The highest BCUT2D eigenvalue weighted by Gasteiger charge is 2.13. The number of unbranched alkanes of at least 4 members (excludes halogenated alkanes) is 1. The first-order valence-electron chi connectivity index (χ1n) is 7.45. The molecule has 1 unspecified atom stereocenters. The first-order chi connectivity index (χ1) is 8.72. The largest absolute Gasteiger partial charge is 0.389 e. The summed E-state index contributed by atoms with van der Waals surface area (Å²) in [5.41, 5.74) is -0.178. The van der Waals surface area contributed by atoms with Crippen molar-refractivity contribution in [3.63, 3.8) is 0 Å². The average molecular weight is 274 g/mol. The molecule has 0 aliphatic rings. The van der Waals surface area contributed by atoms with Gasteiger partial charge in [0, 0.05) is 12.6 Å². The van der Waals surface area contributed by atoms with Crippen LogP contribution in [0.4, 0.5) is 0 Å². The van der Waals surface area contributed by atoms with Crippen LogP contribution in [0.25, 0.3) is 0 Å². The number of aliphatic hydroxyl groups excluding tert-OH is 1. The highest BCUT2D eigenvalue weighted by molar-refractivity contribution is 4.64. The molecule has 0 spiro atoms. The topological polar surface area (TPSA) is 44.7 Å². The Bertz CT molecular complexity index is 215. The molecule has 0 heterocycles. The minimum atomic E-state index is -0.419. The van der Waals surface area contributed by atoms with Gasteiger partial charge in [-0.3, -0.25) is 0 Å². The van der Waals surface area contributed by atoms with Crippen molar-refractivity contribution in [2.45, 2.75) is 65.2 Å². The van der Waals surface area contributed by atoms with Gasteiger partial charge in [-0.15, -0.1) is 0 Å². The fraction of sp³-hybridized carbons (Fsp3) is 1.00. The third-order valence-electron chi connectivity index (χ3n) is 3.08. The van der Waals surface area contributed by atoms with E-state index in [1.807, 2.05) is 20.8 Å². The van der Waals surface area contributed by atoms with Crippen molar-refractivity contribution in [3.05, 3.63) is 0 Å². The summed E-state index contributed by atoms with van der Waals surface area (Å²) in [6.45, 7) is 13.5. The molecule has 0 bridgehead atoms. The second-order valence-electron chi connectivity index (χ2n) is 6.56. The molecular formula is C15H34N2O2. The number of hydrogen-bond donors (Lipinski definition) is 2. The van der Waals surface area contributed by atoms with Crippen molar-refractivity contribution in [2.75, 3.05) is 33.3 Å². The summed E-state index contributed by atoms with van der Waals surface area (Å²) in [5.74, 6) is 0. The number of hydrogen-bond acceptors (Lipinski definition) is 4. The van der Waals surface area contributed by atoms with Gasteiger partial charge in [0.15, 0.2) is 0 Å². The molecule has 4 nitrogen and oxygen atoms in total. The molecule has 2 N–H and O–H groups in total. The lowest BCUT2D eigenvalue weighted by Gasteiger charge is -2.22. The van der Waals surface area contributed by atoms with Crippen LogP contribution in [0, 0.1) is 0 Å². The third-order valence-corrected chi connectivity index (χ3v) is 3.08. The van der Waals surface area contributed by atoms with Crippen molar-refractivity contribution >= 4 is 0 Å². The molecule has 0 aliphatic heterocycles. The quantitative estimate of drug-likeness (QED) is 0.597. The van der Waals surface area contributed by atoms with E-state index in [-0.39, 0.29) is 5.60 Å². The van der Waals surface area contributed by atoms with Crippen molar-refractivity contribution in [1.29, 1.82) is 0 Å². The fourth-order valence-corrected chi connectivity index (χ4v) is 1.54. The summed E-state index contributed by atoms with van der Waals surface area (Å²) in [6, 6.07) is 0.615. The van der Waals surface area contributed by atoms with E-state index in [2.05, 4.69) is 31.1 Å². The predicted molar refractivity (Wildman–Crippen MR) is 81.6 cm³/mol. The van der Waals surface area contributed by atoms with E-state index in [0.29, 0.717) is 19.2 Å². The van der Waals surface area contributed by atoms with E-state index in [4.69, 9.17) is 4.74 Å². The maximum atomic E-state index is 9.73. The lowest BCUT2D eigenvalue weighted by molar-refractivity contribution is -0.0478. The zero-order valence-electron chi connectivity index (χ0n) is 13.7. The van der Waals surface area contributed by atoms with E-state index in [1.165, 1.54) is 6.42 Å². The van der Waals surface area contributed by atoms with Crippen LogP contribution < -0.4 is 5.32 Å². The Hall–Kier alpha value is -0.160. The summed E-state index contributed by atoms with van der Waals surface area (Å²) in [7, 11) is 2.16. The fourth-order valence-electron chi connectivity index (χ4n) is 1.54. The van der Waals surface area contributed by atoms with E-state index in [1.54, 1.807) is 0 Å². The minimum absolute atomic E-state index is 0.178. The van der Waals surface area contributed by atoms with Crippen molar-refractivity contribution in [2.24, 2.45) is 0 Å². The van der Waals surface area contributed by atoms with Gasteiger partial charge in [-0.25, -0.2) is 0 Å². The molecule has 0 saturated heterocycles. The molecule has 0 saturated carbocycles. The summed E-state index contributed by atoms with van der Waals surface area (Å²) >= 11 is 0. The van der Waals surface area contributed by atoms with Gasteiger partial charge in [-0.2, -0.15) is 0 Å². The molecule has 0 aromatic rings. The maximum Gasteiger partial charge on any atom is 0.0897 e. The van der Waals surface area contributed by atoms with Crippen molar-refractivity contribution in [3.8, 4) is 0 Å². The Kier molecular flexibility index (Phi) is 9.62. The number of ether oxygens (including phenoxy) is 1. The Balaban J connectivity index is 3.39. The highest BCUT2D eigenvalue weighted by atomic mass is 16.5. The van der Waals surface area contributed by atoms with Gasteiger partial charge in [-0.05, 0) is 67.6 Å². The van der Waals surface area contributed by atoms with Crippen LogP contribution in [-0.2, 0) is 4.74 Å². The zero-order chi connectivity index (χ0) is 14.9. The smallest absolute Gasteiger partial charge is 0.0897 e. The maximum absolute atomic E-state index is 9.73. The zero-order valence-corrected chi connectivity index (χ0v) is 13.7. The molecule has 19 heavy (non-hydrogen) atoms. The third kappa shape index (κ3) is 12.6. The van der Waals surface area contributed by atoms with E-state index in [0.717, 1.165) is 19.5 Å². The highest BCUT2D eigenvalue weighted by Crippen LogP contribution is 2.06. The first-order valence-corrected chi connectivity index (χ1v) is 7.45. The van der Waals surface area contributed by atoms with Crippen molar-refractivity contribution in [1.82, 2.24) is 10.2 Å². The van der Waals surface area contributed by atoms with Gasteiger partial charge in [0.05, 0.1) is 18.3 Å². The Morgan fingerprint density at radius 2 is 1.84 bits per heavy atom. The van der Waals surface area contributed by atoms with Gasteiger partial charge < -0.3 is 20.1 Å². The van der Waals surface area contributed by atoms with Crippen LogP contribution in [0.3, 0.4) is 0 Å². The second kappa shape index (κ2) is 9.70. The van der Waals surface area contributed by atoms with Gasteiger partial charge in [0.1, 0.15) is 0 Å². The molecule has 0 rings (SSSR count). The minimum Gasteiger partial charge on any atom is -0.389 e. The summed E-state index contributed by atoms with van der Waals surface area (Å²) in [5, 5.41) is 13.0. The standard InChI is InChI=1S/C15H34N2O2/c1-13(2)17(6)10-8-7-9-16-11-14(18)12-19-15(3,4)5/h13-14,16,18H,7-12H2,1-6H3. The Morgan fingerprint density at radius 3 is 2.37 bits per heavy atom. The number of nitrogens with zero attached hydrogens (tertiary/aromatic N) is 1. The number of rotatable bonds is 10. The van der Waals surface area contributed by atoms with Crippen LogP contribution in [0.15, 0.2) is 0 Å². The monoisotopic (exact) mass is 274 g/mol. The molecule has 116 valence electrons. The van der Waals surface area contributed by atoms with E-state index < -0.39 is 6.10 Å². The number of nitrogens with one attached hydrogen (secondary N) is 1. The van der Waals surface area contributed by atoms with Gasteiger partial charge >= 0.3 is 0 Å². The second-order valence-corrected chi connectivity index (χ2v) is 6.56. The van der Waals surface area contributed by atoms with Crippen LogP contribution in [-0.4, -0.2) is 61.0 Å². The predicted octanol–water partition coefficient (Wildman–Crippen LogP) is 1.87. The summed E-state index contributed by atoms with van der Waals surface area (Å²) in [4.78, 5) is 2.35. The Labute approximate surface area is 119 Å². The van der Waals surface area contributed by atoms with Gasteiger partial charge in [-0.1, -0.05) is 0 Å². The Morgan fingerprint density at radius 1 is 1.21 bits per heavy atom. The van der Waals surface area contributed by atoms with Crippen LogP contribution in [0.1, 0.15) is 47.5 Å². The molecule has 0 aromatic carbocycles. The van der Waals surface area contributed by atoms with Gasteiger partial charge in [0.25, 0.3) is 0 Å². The van der Waals surface area contributed by atoms with Crippen LogP contribution in [0.5, 0.6) is 0 Å². The van der Waals surface area contributed by atoms with E-state index >= 15 is 0 Å². The molecule has 1 atom stereocenters. The van der Waals surface area contributed by atoms with Crippen LogP contribution >= 0.6 is 0 Å². The van der Waals surface area contributed by atoms with Gasteiger partial charge in [0.2, 0.25) is 0 Å². The van der Waals surface area contributed by atoms with Crippen LogP contribution in [0.2, 0.25) is 0 Å². The summed E-state index contributed by atoms with van der Waals surface area (Å²) in [6.07, 6.45) is 1.91. The molecule has 0 radical (unpaired) electrons. The molecule has 0 fully saturated rings.